The van der Waals surface area contributed by atoms with Crippen molar-refractivity contribution in [3.63, 3.8) is 0 Å². The molecule has 2 aromatic carbocycles. The van der Waals surface area contributed by atoms with E-state index in [2.05, 4.69) is 4.74 Å². The van der Waals surface area contributed by atoms with Crippen molar-refractivity contribution < 1.29 is 45.7 Å². The molecule has 2 rings (SSSR count). The Hall–Kier alpha value is -2.35. The van der Waals surface area contributed by atoms with Gasteiger partial charge in [-0.05, 0) is 12.1 Å². The maximum Gasteiger partial charge on any atom is 0.310 e. The monoisotopic (exact) mass is 404 g/mol. The molecule has 0 heterocycles. The second kappa shape index (κ2) is 7.11. The van der Waals surface area contributed by atoms with Gasteiger partial charge in [0.15, 0.2) is 16.4 Å². The van der Waals surface area contributed by atoms with Crippen LogP contribution in [0.1, 0.15) is 15.9 Å². The second-order valence-electron chi connectivity index (χ2n) is 4.86. The molecule has 0 atom stereocenters. The van der Waals surface area contributed by atoms with Crippen LogP contribution >= 0.6 is 0 Å². The first-order chi connectivity index (χ1) is 11.9. The molecule has 12 heteroatoms. The summed E-state index contributed by atoms with van der Waals surface area (Å²) in [6.07, 6.45) is 0. The van der Waals surface area contributed by atoms with Gasteiger partial charge in [0, 0.05) is 5.56 Å². The highest BCUT2D eigenvalue weighted by Gasteiger charge is 2.33. The molecule has 4 N–H and O–H groups in total. The zero-order valence-electron chi connectivity index (χ0n) is 12.7. The predicted molar refractivity (Wildman–Crippen MR) is 84.8 cm³/mol. The Labute approximate surface area is 147 Å². The van der Waals surface area contributed by atoms with Gasteiger partial charge in [-0.2, -0.15) is 16.8 Å². The molecule has 10 nitrogen and oxygen atoms in total. The molecule has 2 aromatic rings. The van der Waals surface area contributed by atoms with E-state index in [9.17, 15) is 26.2 Å². The lowest BCUT2D eigenvalue weighted by Gasteiger charge is -2.16. The van der Waals surface area contributed by atoms with E-state index in [1.165, 1.54) is 24.3 Å². The van der Waals surface area contributed by atoms with Crippen LogP contribution in [0.2, 0.25) is 0 Å². The minimum absolute atomic E-state index is 0.0330. The summed E-state index contributed by atoms with van der Waals surface area (Å²) in [6, 6.07) is 8.64. The van der Waals surface area contributed by atoms with E-state index in [1.54, 1.807) is 6.07 Å². The Kier molecular flexibility index (Phi) is 5.46. The van der Waals surface area contributed by atoms with Gasteiger partial charge in [0.1, 0.15) is 4.90 Å². The number of aliphatic hydroxyl groups excluding tert-OH is 1. The summed E-state index contributed by atoms with van der Waals surface area (Å²) < 4.78 is 69.1. The topological polar surface area (TPSA) is 175 Å². The third-order valence-corrected chi connectivity index (χ3v) is 5.06. The highest BCUT2D eigenvalue weighted by molar-refractivity contribution is 7.89. The van der Waals surface area contributed by atoms with Gasteiger partial charge in [0.25, 0.3) is 20.2 Å². The van der Waals surface area contributed by atoms with E-state index in [0.717, 1.165) is 6.07 Å². The average molecular weight is 404 g/mol. The molecule has 140 valence electrons. The molecule has 0 unspecified atom stereocenters. The maximum absolute atomic E-state index is 12.6. The fourth-order valence-electron chi connectivity index (χ4n) is 2.14. The Bertz CT molecular complexity index is 1040. The zero-order valence-corrected chi connectivity index (χ0v) is 14.3. The minimum Gasteiger partial charge on any atom is -0.439 e. The molecule has 0 bridgehead atoms. The zero-order chi connectivity index (χ0) is 19.7. The SMILES string of the molecule is O=C(c1ccccc1)c1ccc(S(=O)(=O)O)c(S(=O)(=O)O)c1OC(O)O. The Balaban J connectivity index is 2.88. The van der Waals surface area contributed by atoms with Crippen LogP contribution in [0.25, 0.3) is 0 Å². The number of ketones is 1. The van der Waals surface area contributed by atoms with E-state index in [0.29, 0.717) is 6.07 Å². The number of benzene rings is 2. The quantitative estimate of drug-likeness (QED) is 0.292. The van der Waals surface area contributed by atoms with E-state index in [-0.39, 0.29) is 5.56 Å². The molecule has 0 fully saturated rings. The van der Waals surface area contributed by atoms with E-state index < -0.39 is 53.6 Å². The van der Waals surface area contributed by atoms with Crippen LogP contribution in [0.15, 0.2) is 52.3 Å². The first-order valence-corrected chi connectivity index (χ1v) is 9.55. The first-order valence-electron chi connectivity index (χ1n) is 6.67. The van der Waals surface area contributed by atoms with Gasteiger partial charge >= 0.3 is 6.48 Å². The standard InChI is InChI=1S/C14H12O10S2/c15-11(8-4-2-1-3-5-8)9-6-7-10(25(18,19)20)13(26(21,22)23)12(9)24-14(16)17/h1-7,14,16-17H,(H,18,19,20)(H,21,22,23). The van der Waals surface area contributed by atoms with Crippen LogP contribution in [0.3, 0.4) is 0 Å². The molecule has 0 spiro atoms. The van der Waals surface area contributed by atoms with Gasteiger partial charge in [-0.1, -0.05) is 30.3 Å². The number of aliphatic hydroxyl groups is 2. The highest BCUT2D eigenvalue weighted by Crippen LogP contribution is 2.35. The Morgan fingerprint density at radius 3 is 1.92 bits per heavy atom. The number of rotatable bonds is 6. The molecule has 0 aromatic heterocycles. The third kappa shape index (κ3) is 4.24. The molecule has 0 amide bonds. The fraction of sp³-hybridized carbons (Fsp3) is 0.0714. The summed E-state index contributed by atoms with van der Waals surface area (Å²) in [7, 11) is -10.5. The number of carbonyl (C=O) groups excluding carboxylic acids is 1. The van der Waals surface area contributed by atoms with Crippen molar-refractivity contribution in [3.8, 4) is 5.75 Å². The molecular formula is C14H12O10S2. The lowest BCUT2D eigenvalue weighted by atomic mass is 10.0. The van der Waals surface area contributed by atoms with Crippen LogP contribution in [0, 0.1) is 0 Å². The van der Waals surface area contributed by atoms with Crippen molar-refractivity contribution in [1.29, 1.82) is 0 Å². The molecule has 0 aliphatic rings. The first kappa shape index (κ1) is 20.0. The second-order valence-corrected chi connectivity index (χ2v) is 7.61. The van der Waals surface area contributed by atoms with Gasteiger partial charge in [-0.25, -0.2) is 0 Å². The Morgan fingerprint density at radius 2 is 1.46 bits per heavy atom. The van der Waals surface area contributed by atoms with Crippen molar-refractivity contribution in [2.24, 2.45) is 0 Å². The lowest BCUT2D eigenvalue weighted by Crippen LogP contribution is -2.20. The summed E-state index contributed by atoms with van der Waals surface area (Å²) in [5.41, 5.74) is -0.560. The minimum atomic E-state index is -5.37. The van der Waals surface area contributed by atoms with Crippen LogP contribution < -0.4 is 4.74 Å². The van der Waals surface area contributed by atoms with Crippen LogP contribution in [-0.4, -0.2) is 48.4 Å². The fourth-order valence-corrected chi connectivity index (χ4v) is 4.05. The van der Waals surface area contributed by atoms with Gasteiger partial charge in [-0.3, -0.25) is 13.9 Å². The smallest absolute Gasteiger partial charge is 0.310 e. The largest absolute Gasteiger partial charge is 0.439 e. The molecule has 0 radical (unpaired) electrons. The predicted octanol–water partition coefficient (Wildman–Crippen LogP) is 0.0580. The van der Waals surface area contributed by atoms with Gasteiger partial charge in [0.2, 0.25) is 0 Å². The van der Waals surface area contributed by atoms with Crippen LogP contribution in [0.4, 0.5) is 0 Å². The molecular weight excluding hydrogens is 392 g/mol. The van der Waals surface area contributed by atoms with Crippen LogP contribution in [0.5, 0.6) is 5.75 Å². The van der Waals surface area contributed by atoms with Crippen molar-refractivity contribution >= 4 is 26.0 Å². The van der Waals surface area contributed by atoms with Crippen molar-refractivity contribution in [3.05, 3.63) is 53.6 Å². The summed E-state index contributed by atoms with van der Waals surface area (Å²) in [6.45, 7) is -2.66. The number of hydrogen-bond acceptors (Lipinski definition) is 8. The number of ether oxygens (including phenoxy) is 1. The molecule has 0 aliphatic heterocycles. The van der Waals surface area contributed by atoms with E-state index >= 15 is 0 Å². The maximum atomic E-state index is 12.6. The molecule has 0 aliphatic carbocycles. The number of hydrogen-bond donors (Lipinski definition) is 4. The van der Waals surface area contributed by atoms with Gasteiger partial charge in [-0.15, -0.1) is 0 Å². The van der Waals surface area contributed by atoms with E-state index in [4.69, 9.17) is 14.8 Å². The van der Waals surface area contributed by atoms with Crippen molar-refractivity contribution in [1.82, 2.24) is 0 Å². The van der Waals surface area contributed by atoms with Crippen molar-refractivity contribution in [2.75, 3.05) is 0 Å². The molecule has 0 saturated heterocycles. The summed E-state index contributed by atoms with van der Waals surface area (Å²) >= 11 is 0. The third-order valence-electron chi connectivity index (χ3n) is 3.12. The molecule has 0 saturated carbocycles. The summed E-state index contributed by atoms with van der Waals surface area (Å²) in [5.74, 6) is -2.01. The molecule has 26 heavy (non-hydrogen) atoms. The number of carbonyl (C=O) groups is 1. The summed E-state index contributed by atoms with van der Waals surface area (Å²) in [5, 5.41) is 18.0. The van der Waals surface area contributed by atoms with Crippen molar-refractivity contribution in [2.45, 2.75) is 16.3 Å². The van der Waals surface area contributed by atoms with Gasteiger partial charge < -0.3 is 14.9 Å². The normalized spacial score (nSPS) is 12.2. The lowest BCUT2D eigenvalue weighted by molar-refractivity contribution is -0.180. The van der Waals surface area contributed by atoms with Gasteiger partial charge in [0.05, 0.1) is 5.56 Å². The highest BCUT2D eigenvalue weighted by atomic mass is 32.2. The Morgan fingerprint density at radius 1 is 0.885 bits per heavy atom. The average Bonchev–Trinajstić information content (AvgIpc) is 2.52. The van der Waals surface area contributed by atoms with E-state index in [1.807, 2.05) is 0 Å². The van der Waals surface area contributed by atoms with Crippen LogP contribution in [-0.2, 0) is 20.2 Å². The summed E-state index contributed by atoms with van der Waals surface area (Å²) in [4.78, 5) is 9.75.